The molecular formula is C75H120N18. The molecule has 10 aromatic heterocycles. The average Bonchev–Trinajstić information content (AvgIpc) is 2.64. The number of rotatable bonds is 16. The van der Waals surface area contributed by atoms with E-state index < -0.39 is 0 Å². The first-order valence-electron chi connectivity index (χ1n) is 33.9. The summed E-state index contributed by atoms with van der Waals surface area (Å²) in [4.78, 5) is 36.4. The largest absolute Gasteiger partial charge is 0.335 e. The van der Waals surface area contributed by atoms with Crippen molar-refractivity contribution in [2.45, 2.75) is 256 Å². The standard InChI is InChI=1S/C9H13N.C8H12N2.3C8H14N2.C8H11N.C7H12N2.C7H9N.C6H11N3.C6H10N2/c1-3-4-9-5-6-10-7-8(9)2;1-7-4-9-6-10(7)5-8-2-3-8;1-7(2)5-10-6-9-4-8(10)3;1-4-5-10-6-9-7(2)8(10)3;1-3-4-5-10-7-9-6-8(10)2;1-3-8-4-5-9-6-7(8)2;1-4-9-5-8-6(2)7(9)3;1-6-3-4-8-5-7(6)2;1-3-4-9-5-7-8-6(9)2;1-3-8-5-7-4-6(8)2/h5-7H,3-4H2,1-2H3;4,6,8H,2-3,5H2,1H3;4,6-7H,5H2,1-3H3;6H,4-5H2,1-3H3;6-7H,3-5H2,1-2H3;4-6H,3H2,1-2H3;5H,4H2,1-3H3;3-5H,1-2H3;5H,3-4H2,1-2H3;4-5H,3H2,1-2H3. The molecule has 10 heterocycles. The molecule has 0 saturated heterocycles. The topological polar surface area (TPSA) is 176 Å². The first kappa shape index (κ1) is 80.9. The van der Waals surface area contributed by atoms with Gasteiger partial charge in [-0.15, -0.1) is 10.2 Å². The van der Waals surface area contributed by atoms with Crippen LogP contribution in [0.25, 0.3) is 0 Å². The van der Waals surface area contributed by atoms with Gasteiger partial charge in [-0.05, 0) is 212 Å². The molecule has 93 heavy (non-hydrogen) atoms. The Labute approximate surface area is 561 Å². The Morgan fingerprint density at radius 2 is 0.871 bits per heavy atom. The van der Waals surface area contributed by atoms with Gasteiger partial charge in [-0.2, -0.15) is 0 Å². The highest BCUT2D eigenvalue weighted by Crippen LogP contribution is 2.30. The van der Waals surface area contributed by atoms with E-state index in [9.17, 15) is 0 Å². The Hall–Kier alpha value is -8.15. The summed E-state index contributed by atoms with van der Waals surface area (Å²) in [7, 11) is 0. The lowest BCUT2D eigenvalue weighted by molar-refractivity contribution is 0.515. The van der Waals surface area contributed by atoms with Crippen molar-refractivity contribution in [1.29, 1.82) is 0 Å². The van der Waals surface area contributed by atoms with Crippen LogP contribution in [0.3, 0.4) is 0 Å². The van der Waals surface area contributed by atoms with Crippen LogP contribution in [0.2, 0.25) is 0 Å². The number of hydrogen-bond donors (Lipinski definition) is 0. The van der Waals surface area contributed by atoms with Crippen LogP contribution in [0.5, 0.6) is 0 Å². The molecule has 11 rings (SSSR count). The third-order valence-corrected chi connectivity index (χ3v) is 15.7. The number of aromatic nitrogens is 18. The highest BCUT2D eigenvalue weighted by atomic mass is 15.3. The molecule has 1 fully saturated rings. The molecule has 1 aliphatic carbocycles. The van der Waals surface area contributed by atoms with Crippen molar-refractivity contribution in [2.24, 2.45) is 11.8 Å². The fraction of sp³-hybridized carbons (Fsp3) is 0.533. The van der Waals surface area contributed by atoms with E-state index in [1.807, 2.05) is 131 Å². The van der Waals surface area contributed by atoms with Gasteiger partial charge in [0.1, 0.15) is 12.2 Å². The van der Waals surface area contributed by atoms with Crippen LogP contribution in [0.15, 0.2) is 124 Å². The summed E-state index contributed by atoms with van der Waals surface area (Å²) in [5.74, 6) is 2.65. The third-order valence-electron chi connectivity index (χ3n) is 15.7. The van der Waals surface area contributed by atoms with Crippen LogP contribution in [-0.4, -0.2) is 87.0 Å². The second-order valence-corrected chi connectivity index (χ2v) is 24.2. The summed E-state index contributed by atoms with van der Waals surface area (Å²) in [6, 6.07) is 6.17. The van der Waals surface area contributed by atoms with Crippen molar-refractivity contribution in [2.75, 3.05) is 0 Å². The Morgan fingerprint density at radius 1 is 0.409 bits per heavy atom. The second kappa shape index (κ2) is 46.8. The summed E-state index contributed by atoms with van der Waals surface area (Å²) in [6.45, 7) is 53.9. The predicted octanol–water partition coefficient (Wildman–Crippen LogP) is 17.1. The molecule has 0 N–H and O–H groups in total. The molecule has 0 aromatic carbocycles. The van der Waals surface area contributed by atoms with Gasteiger partial charge in [0.15, 0.2) is 0 Å². The van der Waals surface area contributed by atoms with Gasteiger partial charge in [0.05, 0.1) is 49.4 Å². The molecule has 0 radical (unpaired) electrons. The van der Waals surface area contributed by atoms with E-state index in [0.717, 1.165) is 75.2 Å². The number of aryl methyl sites for hydroxylation is 18. The van der Waals surface area contributed by atoms with E-state index in [0.29, 0.717) is 5.92 Å². The SMILES string of the molecule is CCCCn1cncc1C.CCCc1ccncc1C.CCCn1cnc(C)c1C.CCCn1cnnc1C.CCc1ccncc1C.CCn1cnc(C)c1C.CCn1cncc1C.Cc1ccncc1C.Cc1cncn1CC(C)C.Cc1cncn1CC1CC1. The van der Waals surface area contributed by atoms with Crippen molar-refractivity contribution >= 4 is 0 Å². The Kier molecular flexibility index (Phi) is 40.8. The van der Waals surface area contributed by atoms with E-state index >= 15 is 0 Å². The van der Waals surface area contributed by atoms with Gasteiger partial charge in [-0.1, -0.05) is 61.3 Å². The molecule has 1 aliphatic rings. The smallest absolute Gasteiger partial charge is 0.129 e. The van der Waals surface area contributed by atoms with E-state index in [2.05, 4.69) is 226 Å². The van der Waals surface area contributed by atoms with Gasteiger partial charge >= 0.3 is 0 Å². The van der Waals surface area contributed by atoms with Gasteiger partial charge in [-0.3, -0.25) is 15.0 Å². The zero-order valence-corrected chi connectivity index (χ0v) is 61.6. The molecule has 1 saturated carbocycles. The van der Waals surface area contributed by atoms with Crippen molar-refractivity contribution in [3.05, 3.63) is 209 Å². The lowest BCUT2D eigenvalue weighted by Gasteiger charge is -2.06. The maximum absolute atomic E-state index is 4.20. The monoisotopic (exact) mass is 1270 g/mol. The summed E-state index contributed by atoms with van der Waals surface area (Å²) >= 11 is 0. The first-order chi connectivity index (χ1) is 44.6. The van der Waals surface area contributed by atoms with Gasteiger partial charge in [0.2, 0.25) is 0 Å². The summed E-state index contributed by atoms with van der Waals surface area (Å²) in [5.41, 5.74) is 17.9. The Morgan fingerprint density at radius 3 is 1.20 bits per heavy atom. The molecule has 0 spiro atoms. The van der Waals surface area contributed by atoms with Crippen LogP contribution in [0, 0.1) is 102 Å². The minimum atomic E-state index is 0.702. The van der Waals surface area contributed by atoms with Crippen molar-refractivity contribution in [3.63, 3.8) is 0 Å². The normalized spacial score (nSPS) is 10.8. The number of unbranched alkanes of at least 4 members (excludes halogenated alkanes) is 1. The lowest BCUT2D eigenvalue weighted by Crippen LogP contribution is -2.04. The predicted molar refractivity (Wildman–Crippen MR) is 385 cm³/mol. The van der Waals surface area contributed by atoms with E-state index in [-0.39, 0.29) is 0 Å². The first-order valence-corrected chi connectivity index (χ1v) is 33.9. The molecular weight excluding hydrogens is 1150 g/mol. The molecule has 0 amide bonds. The number of imidazole rings is 6. The van der Waals surface area contributed by atoms with Crippen LogP contribution in [0.4, 0.5) is 0 Å². The summed E-state index contributed by atoms with van der Waals surface area (Å²) in [6.07, 6.45) is 43.0. The Balaban J connectivity index is 0.000000352. The fourth-order valence-electron chi connectivity index (χ4n) is 8.94. The van der Waals surface area contributed by atoms with E-state index in [4.69, 9.17) is 0 Å². The van der Waals surface area contributed by atoms with Crippen LogP contribution >= 0.6 is 0 Å². The average molecular weight is 1270 g/mol. The fourth-order valence-corrected chi connectivity index (χ4v) is 8.94. The zero-order chi connectivity index (χ0) is 69.1. The van der Waals surface area contributed by atoms with Crippen molar-refractivity contribution < 1.29 is 0 Å². The molecule has 18 nitrogen and oxygen atoms in total. The van der Waals surface area contributed by atoms with Crippen LogP contribution in [0.1, 0.15) is 192 Å². The highest BCUT2D eigenvalue weighted by Gasteiger charge is 2.21. The van der Waals surface area contributed by atoms with E-state index in [1.165, 1.54) is 119 Å². The highest BCUT2D eigenvalue weighted by molar-refractivity contribution is 5.22. The number of pyridine rings is 3. The van der Waals surface area contributed by atoms with Gasteiger partial charge in [0.25, 0.3) is 0 Å². The maximum atomic E-state index is 4.20. The lowest BCUT2D eigenvalue weighted by atomic mass is 10.1. The van der Waals surface area contributed by atoms with Crippen LogP contribution < -0.4 is 0 Å². The van der Waals surface area contributed by atoms with Gasteiger partial charge in [0, 0.05) is 142 Å². The minimum absolute atomic E-state index is 0.702. The minimum Gasteiger partial charge on any atom is -0.335 e. The quantitative estimate of drug-likeness (QED) is 0.0899. The van der Waals surface area contributed by atoms with Crippen molar-refractivity contribution in [1.82, 2.24) is 87.0 Å². The number of hydrogen-bond acceptors (Lipinski definition) is 11. The van der Waals surface area contributed by atoms with Crippen LogP contribution in [-0.2, 0) is 58.7 Å². The third kappa shape index (κ3) is 32.8. The zero-order valence-electron chi connectivity index (χ0n) is 61.6. The van der Waals surface area contributed by atoms with Crippen molar-refractivity contribution in [3.8, 4) is 0 Å². The molecule has 10 aromatic rings. The maximum Gasteiger partial charge on any atom is 0.129 e. The molecule has 0 aliphatic heterocycles. The Bertz CT molecular complexity index is 3400. The van der Waals surface area contributed by atoms with Gasteiger partial charge in [-0.25, -0.2) is 29.9 Å². The molecule has 0 atom stereocenters. The molecule has 510 valence electrons. The summed E-state index contributed by atoms with van der Waals surface area (Å²) < 4.78 is 15.1. The summed E-state index contributed by atoms with van der Waals surface area (Å²) in [5, 5.41) is 7.60. The second-order valence-electron chi connectivity index (χ2n) is 24.2. The molecule has 0 bridgehead atoms. The van der Waals surface area contributed by atoms with Gasteiger partial charge < -0.3 is 32.0 Å². The van der Waals surface area contributed by atoms with E-state index in [1.54, 1.807) is 6.33 Å². The number of nitrogens with zero attached hydrogens (tertiary/aromatic N) is 18. The molecule has 0 unspecified atom stereocenters. The molecule has 18 heteroatoms.